The molecule has 0 spiro atoms. The molecule has 132 valence electrons. The Morgan fingerprint density at radius 2 is 2.25 bits per heavy atom. The third kappa shape index (κ3) is 5.19. The molecule has 0 amide bonds. The van der Waals surface area contributed by atoms with Gasteiger partial charge in [-0.1, -0.05) is 11.6 Å². The molecule has 9 heteroatoms. The number of rotatable bonds is 7. The van der Waals surface area contributed by atoms with Gasteiger partial charge in [-0.25, -0.2) is 4.99 Å². The molecule has 2 aromatic rings. The van der Waals surface area contributed by atoms with E-state index in [1.807, 2.05) is 37.7 Å². The maximum Gasteiger partial charge on any atom is 0.194 e. The molecule has 0 saturated heterocycles. The lowest BCUT2D eigenvalue weighted by molar-refractivity contribution is 0.203. The number of aromatic nitrogens is 3. The van der Waals surface area contributed by atoms with Crippen molar-refractivity contribution in [2.75, 3.05) is 27.3 Å². The fourth-order valence-electron chi connectivity index (χ4n) is 2.06. The Balaban J connectivity index is 2.07. The van der Waals surface area contributed by atoms with Crippen molar-refractivity contribution in [3.8, 4) is 0 Å². The monoisotopic (exact) mass is 370 g/mol. The van der Waals surface area contributed by atoms with Crippen molar-refractivity contribution in [2.45, 2.75) is 20.0 Å². The zero-order chi connectivity index (χ0) is 17.5. The Kier molecular flexibility index (Phi) is 7.01. The van der Waals surface area contributed by atoms with E-state index >= 15 is 0 Å². The molecule has 0 fully saturated rings. The standard InChI is InChI=1S/C15H23ClN6OS/c1-11-19-20-14(22(11)3)9-18-15(17-7-8-23-4)21(2)10-12-5-6-13(16)24-12/h5-6H,7-10H2,1-4H3,(H,17,18). The van der Waals surface area contributed by atoms with Crippen molar-refractivity contribution in [1.29, 1.82) is 0 Å². The second-order valence-corrected chi connectivity index (χ2v) is 7.14. The first-order valence-corrected chi connectivity index (χ1v) is 8.78. The molecular weight excluding hydrogens is 348 g/mol. The summed E-state index contributed by atoms with van der Waals surface area (Å²) in [5.41, 5.74) is 0. The van der Waals surface area contributed by atoms with E-state index < -0.39 is 0 Å². The van der Waals surface area contributed by atoms with Crippen LogP contribution in [-0.4, -0.2) is 52.9 Å². The van der Waals surface area contributed by atoms with Crippen molar-refractivity contribution >= 4 is 28.9 Å². The molecule has 24 heavy (non-hydrogen) atoms. The molecule has 0 bridgehead atoms. The van der Waals surface area contributed by atoms with E-state index in [1.165, 1.54) is 4.88 Å². The maximum atomic E-state index is 6.01. The van der Waals surface area contributed by atoms with Crippen molar-refractivity contribution in [3.05, 3.63) is 33.0 Å². The predicted molar refractivity (Wildman–Crippen MR) is 97.6 cm³/mol. The van der Waals surface area contributed by atoms with Crippen molar-refractivity contribution in [1.82, 2.24) is 25.0 Å². The molecular formula is C15H23ClN6OS. The number of aliphatic imine (C=N–C) groups is 1. The Labute approximate surface area is 151 Å². The first kappa shape index (κ1) is 18.7. The fraction of sp³-hybridized carbons (Fsp3) is 0.533. The van der Waals surface area contributed by atoms with Crippen LogP contribution in [0.25, 0.3) is 0 Å². The molecule has 0 saturated carbocycles. The molecule has 1 N–H and O–H groups in total. The zero-order valence-electron chi connectivity index (χ0n) is 14.4. The SMILES string of the molecule is COCCNC(=NCc1nnc(C)n1C)N(C)Cc1ccc(Cl)s1. The molecule has 0 atom stereocenters. The van der Waals surface area contributed by atoms with Crippen LogP contribution in [-0.2, 0) is 24.9 Å². The van der Waals surface area contributed by atoms with Crippen molar-refractivity contribution in [3.63, 3.8) is 0 Å². The van der Waals surface area contributed by atoms with Crippen LogP contribution in [0.2, 0.25) is 4.34 Å². The van der Waals surface area contributed by atoms with Crippen LogP contribution >= 0.6 is 22.9 Å². The number of guanidine groups is 1. The van der Waals surface area contributed by atoms with E-state index in [9.17, 15) is 0 Å². The summed E-state index contributed by atoms with van der Waals surface area (Å²) in [6.07, 6.45) is 0. The lowest BCUT2D eigenvalue weighted by atomic mass is 10.4. The van der Waals surface area contributed by atoms with Crippen molar-refractivity contribution < 1.29 is 4.74 Å². The number of methoxy groups -OCH3 is 1. The van der Waals surface area contributed by atoms with Gasteiger partial charge in [0.2, 0.25) is 0 Å². The predicted octanol–water partition coefficient (Wildman–Crippen LogP) is 2.06. The summed E-state index contributed by atoms with van der Waals surface area (Å²) in [4.78, 5) is 7.90. The van der Waals surface area contributed by atoms with Gasteiger partial charge in [-0.05, 0) is 19.1 Å². The van der Waals surface area contributed by atoms with Crippen LogP contribution in [0.1, 0.15) is 16.5 Å². The number of thiophene rings is 1. The summed E-state index contributed by atoms with van der Waals surface area (Å²) >= 11 is 7.58. The number of aryl methyl sites for hydroxylation is 1. The van der Waals surface area contributed by atoms with Gasteiger partial charge in [-0.2, -0.15) is 0 Å². The maximum absolute atomic E-state index is 6.01. The zero-order valence-corrected chi connectivity index (χ0v) is 16.0. The average molecular weight is 371 g/mol. The van der Waals surface area contributed by atoms with E-state index in [0.29, 0.717) is 19.7 Å². The fourth-order valence-corrected chi connectivity index (χ4v) is 3.20. The topological polar surface area (TPSA) is 67.6 Å². The number of nitrogens with zero attached hydrogens (tertiary/aromatic N) is 5. The second kappa shape index (κ2) is 9.00. The van der Waals surface area contributed by atoms with Crippen LogP contribution < -0.4 is 5.32 Å². The van der Waals surface area contributed by atoms with Gasteiger partial charge in [-0.3, -0.25) is 0 Å². The highest BCUT2D eigenvalue weighted by molar-refractivity contribution is 7.16. The minimum Gasteiger partial charge on any atom is -0.383 e. The summed E-state index contributed by atoms with van der Waals surface area (Å²) in [6.45, 7) is 4.41. The Morgan fingerprint density at radius 1 is 1.46 bits per heavy atom. The number of ether oxygens (including phenoxy) is 1. The second-order valence-electron chi connectivity index (χ2n) is 5.34. The minimum atomic E-state index is 0.461. The van der Waals surface area contributed by atoms with Gasteiger partial charge >= 0.3 is 0 Å². The minimum absolute atomic E-state index is 0.461. The van der Waals surface area contributed by atoms with Gasteiger partial charge in [-0.15, -0.1) is 21.5 Å². The van der Waals surface area contributed by atoms with Crippen LogP contribution in [0, 0.1) is 6.92 Å². The molecule has 0 aliphatic rings. The normalized spacial score (nSPS) is 11.8. The van der Waals surface area contributed by atoms with Crippen LogP contribution in [0.15, 0.2) is 17.1 Å². The summed E-state index contributed by atoms with van der Waals surface area (Å²) < 4.78 is 7.83. The first-order valence-electron chi connectivity index (χ1n) is 7.58. The van der Waals surface area contributed by atoms with Crippen molar-refractivity contribution in [2.24, 2.45) is 12.0 Å². The van der Waals surface area contributed by atoms with Gasteiger partial charge in [0, 0.05) is 32.6 Å². The third-order valence-corrected chi connectivity index (χ3v) is 4.74. The third-order valence-electron chi connectivity index (χ3n) is 3.53. The largest absolute Gasteiger partial charge is 0.383 e. The molecule has 2 heterocycles. The number of hydrogen-bond donors (Lipinski definition) is 1. The van der Waals surface area contributed by atoms with E-state index in [-0.39, 0.29) is 0 Å². The molecule has 2 aromatic heterocycles. The number of nitrogens with one attached hydrogen (secondary N) is 1. The van der Waals surface area contributed by atoms with E-state index in [2.05, 4.69) is 25.4 Å². The number of hydrogen-bond acceptors (Lipinski definition) is 5. The summed E-state index contributed by atoms with van der Waals surface area (Å²) in [5, 5.41) is 11.5. The summed E-state index contributed by atoms with van der Waals surface area (Å²) in [6, 6.07) is 3.94. The average Bonchev–Trinajstić information content (AvgIpc) is 3.10. The lowest BCUT2D eigenvalue weighted by Crippen LogP contribution is -2.40. The Bertz CT molecular complexity index is 683. The molecule has 2 rings (SSSR count). The number of halogens is 1. The van der Waals surface area contributed by atoms with Gasteiger partial charge < -0.3 is 19.5 Å². The quantitative estimate of drug-likeness (QED) is 0.459. The molecule has 0 unspecified atom stereocenters. The Morgan fingerprint density at radius 3 is 2.83 bits per heavy atom. The highest BCUT2D eigenvalue weighted by Gasteiger charge is 2.10. The first-order chi connectivity index (χ1) is 11.5. The van der Waals surface area contributed by atoms with Gasteiger partial charge in [0.25, 0.3) is 0 Å². The van der Waals surface area contributed by atoms with E-state index in [1.54, 1.807) is 18.4 Å². The van der Waals surface area contributed by atoms with Gasteiger partial charge in [0.1, 0.15) is 12.4 Å². The van der Waals surface area contributed by atoms with E-state index in [0.717, 1.165) is 28.5 Å². The van der Waals surface area contributed by atoms with Gasteiger partial charge in [0.15, 0.2) is 11.8 Å². The smallest absolute Gasteiger partial charge is 0.194 e. The highest BCUT2D eigenvalue weighted by Crippen LogP contribution is 2.22. The molecule has 0 aliphatic carbocycles. The highest BCUT2D eigenvalue weighted by atomic mass is 35.5. The molecule has 0 radical (unpaired) electrons. The van der Waals surface area contributed by atoms with E-state index in [4.69, 9.17) is 16.3 Å². The van der Waals surface area contributed by atoms with Gasteiger partial charge in [0.05, 0.1) is 17.5 Å². The van der Waals surface area contributed by atoms with Crippen LogP contribution in [0.3, 0.4) is 0 Å². The lowest BCUT2D eigenvalue weighted by Gasteiger charge is -2.21. The van der Waals surface area contributed by atoms with Crippen LogP contribution in [0.5, 0.6) is 0 Å². The summed E-state index contributed by atoms with van der Waals surface area (Å²) in [5.74, 6) is 2.49. The molecule has 0 aromatic carbocycles. The molecule has 7 nitrogen and oxygen atoms in total. The summed E-state index contributed by atoms with van der Waals surface area (Å²) in [7, 11) is 5.61. The molecule has 0 aliphatic heterocycles. The van der Waals surface area contributed by atoms with Crippen LogP contribution in [0.4, 0.5) is 0 Å². The Hall–Kier alpha value is -1.64.